The molecule has 110 valence electrons. The summed E-state index contributed by atoms with van der Waals surface area (Å²) in [6.45, 7) is 4.25. The van der Waals surface area contributed by atoms with E-state index >= 15 is 0 Å². The highest BCUT2D eigenvalue weighted by atomic mass is 16.4. The summed E-state index contributed by atoms with van der Waals surface area (Å²) in [6.07, 6.45) is 4.98. The van der Waals surface area contributed by atoms with E-state index in [1.54, 1.807) is 0 Å². The predicted octanol–water partition coefficient (Wildman–Crippen LogP) is 2.50. The molecule has 3 N–H and O–H groups in total. The van der Waals surface area contributed by atoms with Crippen LogP contribution in [0, 0.1) is 12.8 Å². The number of amidine groups is 1. The zero-order chi connectivity index (χ0) is 14.7. The second-order valence-corrected chi connectivity index (χ2v) is 5.75. The molecular formula is C15H24N4O. The van der Waals surface area contributed by atoms with Crippen LogP contribution < -0.4 is 10.6 Å². The molecule has 0 radical (unpaired) electrons. The molecule has 1 aromatic heterocycles. The van der Waals surface area contributed by atoms with Crippen LogP contribution >= 0.6 is 0 Å². The van der Waals surface area contributed by atoms with E-state index in [0.717, 1.165) is 11.5 Å². The summed E-state index contributed by atoms with van der Waals surface area (Å²) in [5, 5.41) is 12.1. The second-order valence-electron chi connectivity index (χ2n) is 5.75. The van der Waals surface area contributed by atoms with E-state index < -0.39 is 0 Å². The molecule has 2 rings (SSSR count). The van der Waals surface area contributed by atoms with Gasteiger partial charge in [0.2, 0.25) is 0 Å². The third-order valence-electron chi connectivity index (χ3n) is 4.30. The Morgan fingerprint density at radius 3 is 2.75 bits per heavy atom. The van der Waals surface area contributed by atoms with Gasteiger partial charge in [-0.05, 0) is 37.8 Å². The Bertz CT molecular complexity index is 501. The fourth-order valence-corrected chi connectivity index (χ4v) is 3.09. The van der Waals surface area contributed by atoms with Crippen LogP contribution in [0.4, 0.5) is 5.82 Å². The van der Waals surface area contributed by atoms with E-state index in [-0.39, 0.29) is 5.84 Å². The summed E-state index contributed by atoms with van der Waals surface area (Å²) in [7, 11) is 2.06. The SMILES string of the molecule is Cc1ccc(C(N)=NO)c(N(C)C2CCCCC2C)n1. The lowest BCUT2D eigenvalue weighted by atomic mass is 9.85. The van der Waals surface area contributed by atoms with E-state index in [0.29, 0.717) is 17.5 Å². The molecule has 20 heavy (non-hydrogen) atoms. The summed E-state index contributed by atoms with van der Waals surface area (Å²) < 4.78 is 0. The number of anilines is 1. The van der Waals surface area contributed by atoms with Crippen LogP contribution in [-0.4, -0.2) is 29.1 Å². The molecular weight excluding hydrogens is 252 g/mol. The van der Waals surface area contributed by atoms with Gasteiger partial charge in [0.25, 0.3) is 0 Å². The average Bonchev–Trinajstić information content (AvgIpc) is 2.46. The second kappa shape index (κ2) is 6.11. The summed E-state index contributed by atoms with van der Waals surface area (Å²) in [4.78, 5) is 6.80. The molecule has 0 spiro atoms. The van der Waals surface area contributed by atoms with Gasteiger partial charge in [0.15, 0.2) is 5.84 Å². The fraction of sp³-hybridized carbons (Fsp3) is 0.600. The number of hydrogen-bond donors (Lipinski definition) is 2. The molecule has 2 atom stereocenters. The van der Waals surface area contributed by atoms with Crippen LogP contribution in [0.3, 0.4) is 0 Å². The van der Waals surface area contributed by atoms with Gasteiger partial charge in [-0.2, -0.15) is 0 Å². The Morgan fingerprint density at radius 2 is 2.10 bits per heavy atom. The topological polar surface area (TPSA) is 74.7 Å². The van der Waals surface area contributed by atoms with Gasteiger partial charge in [0.05, 0.1) is 5.56 Å². The van der Waals surface area contributed by atoms with Gasteiger partial charge >= 0.3 is 0 Å². The van der Waals surface area contributed by atoms with Gasteiger partial charge in [-0.1, -0.05) is 24.9 Å². The van der Waals surface area contributed by atoms with E-state index in [1.165, 1.54) is 25.7 Å². The minimum atomic E-state index is 0.114. The quantitative estimate of drug-likeness (QED) is 0.385. The number of hydrogen-bond acceptors (Lipinski definition) is 4. The van der Waals surface area contributed by atoms with E-state index in [9.17, 15) is 0 Å². The lowest BCUT2D eigenvalue weighted by Gasteiger charge is -2.37. The molecule has 0 aromatic carbocycles. The van der Waals surface area contributed by atoms with Crippen LogP contribution in [0.15, 0.2) is 17.3 Å². The molecule has 1 aromatic rings. The molecule has 0 aliphatic heterocycles. The Morgan fingerprint density at radius 1 is 1.40 bits per heavy atom. The lowest BCUT2D eigenvalue weighted by Crippen LogP contribution is -2.40. The Kier molecular flexibility index (Phi) is 4.47. The Hall–Kier alpha value is -1.78. The summed E-state index contributed by atoms with van der Waals surface area (Å²) in [5.41, 5.74) is 7.41. The monoisotopic (exact) mass is 276 g/mol. The van der Waals surface area contributed by atoms with Crippen molar-refractivity contribution >= 4 is 11.7 Å². The molecule has 1 saturated carbocycles. The third-order valence-corrected chi connectivity index (χ3v) is 4.30. The molecule has 5 nitrogen and oxygen atoms in total. The maximum atomic E-state index is 8.94. The molecule has 1 heterocycles. The van der Waals surface area contributed by atoms with E-state index in [4.69, 9.17) is 10.9 Å². The molecule has 1 fully saturated rings. The first kappa shape index (κ1) is 14.6. The van der Waals surface area contributed by atoms with Crippen molar-refractivity contribution in [3.8, 4) is 0 Å². The van der Waals surface area contributed by atoms with Crippen LogP contribution in [0.2, 0.25) is 0 Å². The van der Waals surface area contributed by atoms with Gasteiger partial charge in [-0.15, -0.1) is 0 Å². The van der Waals surface area contributed by atoms with Crippen LogP contribution in [0.1, 0.15) is 43.9 Å². The van der Waals surface area contributed by atoms with Crippen LogP contribution in [0.25, 0.3) is 0 Å². The molecule has 5 heteroatoms. The molecule has 0 saturated heterocycles. The number of nitrogens with two attached hydrogens (primary N) is 1. The number of rotatable bonds is 3. The smallest absolute Gasteiger partial charge is 0.173 e. The first-order chi connectivity index (χ1) is 9.54. The standard InChI is InChI=1S/C15H24N4O/c1-10-6-4-5-7-13(10)19(3)15-12(14(16)18-20)9-8-11(2)17-15/h8-10,13,20H,4-7H2,1-3H3,(H2,16,18). The molecule has 0 bridgehead atoms. The maximum absolute atomic E-state index is 8.94. The average molecular weight is 276 g/mol. The van der Waals surface area contributed by atoms with Crippen molar-refractivity contribution in [2.75, 3.05) is 11.9 Å². The molecule has 1 aliphatic carbocycles. The Balaban J connectivity index is 2.37. The zero-order valence-electron chi connectivity index (χ0n) is 12.5. The van der Waals surface area contributed by atoms with Crippen molar-refractivity contribution in [3.63, 3.8) is 0 Å². The van der Waals surface area contributed by atoms with Crippen molar-refractivity contribution in [1.29, 1.82) is 0 Å². The molecule has 0 amide bonds. The number of aromatic nitrogens is 1. The van der Waals surface area contributed by atoms with E-state index in [1.807, 2.05) is 19.1 Å². The zero-order valence-corrected chi connectivity index (χ0v) is 12.5. The highest BCUT2D eigenvalue weighted by molar-refractivity contribution is 6.01. The van der Waals surface area contributed by atoms with Crippen molar-refractivity contribution in [3.05, 3.63) is 23.4 Å². The number of oxime groups is 1. The van der Waals surface area contributed by atoms with Crippen LogP contribution in [0.5, 0.6) is 0 Å². The number of aryl methyl sites for hydroxylation is 1. The molecule has 2 unspecified atom stereocenters. The van der Waals surface area contributed by atoms with E-state index in [2.05, 4.69) is 29.0 Å². The number of pyridine rings is 1. The van der Waals surface area contributed by atoms with Crippen molar-refractivity contribution < 1.29 is 5.21 Å². The summed E-state index contributed by atoms with van der Waals surface area (Å²) in [6, 6.07) is 4.22. The summed E-state index contributed by atoms with van der Waals surface area (Å²) >= 11 is 0. The fourth-order valence-electron chi connectivity index (χ4n) is 3.09. The Labute approximate surface area is 120 Å². The highest BCUT2D eigenvalue weighted by Crippen LogP contribution is 2.31. The highest BCUT2D eigenvalue weighted by Gasteiger charge is 2.27. The minimum Gasteiger partial charge on any atom is -0.409 e. The van der Waals surface area contributed by atoms with Crippen LogP contribution in [-0.2, 0) is 0 Å². The minimum absolute atomic E-state index is 0.114. The summed E-state index contributed by atoms with van der Waals surface area (Å²) in [5.74, 6) is 1.55. The van der Waals surface area contributed by atoms with Gasteiger partial charge in [0.1, 0.15) is 5.82 Å². The van der Waals surface area contributed by atoms with Gasteiger partial charge in [-0.25, -0.2) is 4.98 Å². The van der Waals surface area contributed by atoms with Crippen molar-refractivity contribution in [2.45, 2.75) is 45.6 Å². The van der Waals surface area contributed by atoms with Crippen molar-refractivity contribution in [2.24, 2.45) is 16.8 Å². The lowest BCUT2D eigenvalue weighted by molar-refractivity contribution is 0.317. The molecule has 1 aliphatic rings. The van der Waals surface area contributed by atoms with Gasteiger partial charge in [0, 0.05) is 18.8 Å². The first-order valence-electron chi connectivity index (χ1n) is 7.23. The largest absolute Gasteiger partial charge is 0.409 e. The normalized spacial score (nSPS) is 23.6. The maximum Gasteiger partial charge on any atom is 0.173 e. The third kappa shape index (κ3) is 2.86. The van der Waals surface area contributed by atoms with Gasteiger partial charge in [-0.3, -0.25) is 0 Å². The van der Waals surface area contributed by atoms with Crippen molar-refractivity contribution in [1.82, 2.24) is 4.98 Å². The predicted molar refractivity (Wildman–Crippen MR) is 81.3 cm³/mol. The number of nitrogens with zero attached hydrogens (tertiary/aromatic N) is 3. The van der Waals surface area contributed by atoms with Gasteiger partial charge < -0.3 is 15.8 Å². The first-order valence-corrected chi connectivity index (χ1v) is 7.23.